The quantitative estimate of drug-likeness (QED) is 0.703. The molecule has 0 amide bonds. The van der Waals surface area contributed by atoms with Gasteiger partial charge in [0.2, 0.25) is 0 Å². The van der Waals surface area contributed by atoms with Crippen LogP contribution in [0.15, 0.2) is 30.3 Å². The predicted octanol–water partition coefficient (Wildman–Crippen LogP) is 4.25. The number of rotatable bonds is 1. The molecule has 0 unspecified atom stereocenters. The summed E-state index contributed by atoms with van der Waals surface area (Å²) in [6.07, 6.45) is 0. The first-order valence-corrected chi connectivity index (χ1v) is 7.00. The van der Waals surface area contributed by atoms with Crippen LogP contribution in [0.5, 0.6) is 0 Å². The Bertz CT molecular complexity index is 217. The second kappa shape index (κ2) is 9.91. The first-order valence-electron chi connectivity index (χ1n) is 5.84. The van der Waals surface area contributed by atoms with Gasteiger partial charge in [0, 0.05) is 18.0 Å². The Labute approximate surface area is 98.9 Å². The maximum absolute atomic E-state index is 2.41. The van der Waals surface area contributed by atoms with Crippen molar-refractivity contribution in [3.05, 3.63) is 30.3 Å². The van der Waals surface area contributed by atoms with Gasteiger partial charge in [-0.1, -0.05) is 45.9 Å². The van der Waals surface area contributed by atoms with Crippen LogP contribution in [-0.2, 0) is 0 Å². The molecule has 1 nitrogen and oxygen atoms in total. The molecule has 86 valence electrons. The summed E-state index contributed by atoms with van der Waals surface area (Å²) >= 11 is 2.00. The summed E-state index contributed by atoms with van der Waals surface area (Å²) in [7, 11) is 0. The average Bonchev–Trinajstić information content (AvgIpc) is 2.89. The highest BCUT2D eigenvalue weighted by Gasteiger charge is 2.10. The van der Waals surface area contributed by atoms with E-state index in [1.165, 1.54) is 18.0 Å². The predicted molar refractivity (Wildman–Crippen MR) is 73.8 cm³/mol. The second-order valence-corrected chi connectivity index (χ2v) is 3.71. The zero-order chi connectivity index (χ0) is 11.5. The lowest BCUT2D eigenvalue weighted by Gasteiger charge is -2.15. The highest BCUT2D eigenvalue weighted by Crippen LogP contribution is 2.21. The van der Waals surface area contributed by atoms with Gasteiger partial charge < -0.3 is 4.90 Å². The molecule has 0 aromatic heterocycles. The number of anilines is 1. The number of hydrogen-bond donors (Lipinski definition) is 0. The third kappa shape index (κ3) is 5.12. The lowest BCUT2D eigenvalue weighted by molar-refractivity contribution is 0.994. The van der Waals surface area contributed by atoms with E-state index >= 15 is 0 Å². The van der Waals surface area contributed by atoms with Crippen molar-refractivity contribution in [1.82, 2.24) is 0 Å². The molecule has 2 heteroatoms. The Balaban J connectivity index is 0.000000442. The maximum Gasteiger partial charge on any atom is 0.0640 e. The van der Waals surface area contributed by atoms with Crippen molar-refractivity contribution < 1.29 is 0 Å². The summed E-state index contributed by atoms with van der Waals surface area (Å²) in [6.45, 7) is 9.20. The van der Waals surface area contributed by atoms with E-state index in [4.69, 9.17) is 0 Å². The van der Waals surface area contributed by atoms with Gasteiger partial charge in [-0.25, -0.2) is 0 Å². The molecule has 1 fully saturated rings. The lowest BCUT2D eigenvalue weighted by Crippen LogP contribution is -2.17. The smallest absolute Gasteiger partial charge is 0.0640 e. The molecule has 1 aromatic rings. The van der Waals surface area contributed by atoms with Crippen molar-refractivity contribution in [2.45, 2.75) is 27.7 Å². The van der Waals surface area contributed by atoms with Crippen molar-refractivity contribution >= 4 is 17.4 Å². The van der Waals surface area contributed by atoms with E-state index in [1.54, 1.807) is 0 Å². The van der Waals surface area contributed by atoms with Gasteiger partial charge in [0.15, 0.2) is 0 Å². The maximum atomic E-state index is 2.41. The topological polar surface area (TPSA) is 3.24 Å². The van der Waals surface area contributed by atoms with Crippen molar-refractivity contribution in [3.8, 4) is 0 Å². The molecule has 0 radical (unpaired) electrons. The van der Waals surface area contributed by atoms with Crippen LogP contribution in [0.4, 0.5) is 5.69 Å². The number of hydrogen-bond acceptors (Lipinski definition) is 2. The van der Waals surface area contributed by atoms with Gasteiger partial charge in [-0.15, -0.1) is 11.8 Å². The molecule has 0 aliphatic carbocycles. The zero-order valence-electron chi connectivity index (χ0n) is 10.4. The van der Waals surface area contributed by atoms with Gasteiger partial charge in [-0.2, -0.15) is 0 Å². The number of para-hydroxylation sites is 1. The van der Waals surface area contributed by atoms with E-state index in [-0.39, 0.29) is 0 Å². The van der Waals surface area contributed by atoms with Crippen LogP contribution in [0.2, 0.25) is 0 Å². The van der Waals surface area contributed by atoms with Gasteiger partial charge in [0.1, 0.15) is 0 Å². The van der Waals surface area contributed by atoms with Gasteiger partial charge in [-0.3, -0.25) is 0 Å². The standard InChI is InChI=1S/C9H11NS.2C2H6/c1-2-4-9(5-3-1)10-6-7-11-8-10;2*1-2/h1-5H,6-8H2;2*1-2H3. The Morgan fingerprint density at radius 3 is 2.07 bits per heavy atom. The molecule has 0 atom stereocenters. The van der Waals surface area contributed by atoms with Crippen LogP contribution in [-0.4, -0.2) is 18.2 Å². The van der Waals surface area contributed by atoms with Gasteiger partial charge in [-0.05, 0) is 12.1 Å². The summed E-state index contributed by atoms with van der Waals surface area (Å²) < 4.78 is 0. The van der Waals surface area contributed by atoms with Gasteiger partial charge in [0.05, 0.1) is 5.88 Å². The summed E-state index contributed by atoms with van der Waals surface area (Å²) in [5.41, 5.74) is 1.36. The highest BCUT2D eigenvalue weighted by atomic mass is 32.2. The minimum absolute atomic E-state index is 1.16. The van der Waals surface area contributed by atoms with Crippen molar-refractivity contribution in [2.24, 2.45) is 0 Å². The minimum atomic E-state index is 1.16. The van der Waals surface area contributed by atoms with E-state index in [0.29, 0.717) is 0 Å². The monoisotopic (exact) mass is 225 g/mol. The van der Waals surface area contributed by atoms with E-state index in [0.717, 1.165) is 5.88 Å². The molecule has 0 bridgehead atoms. The van der Waals surface area contributed by atoms with Crippen LogP contribution < -0.4 is 4.90 Å². The number of benzene rings is 1. The third-order valence-corrected chi connectivity index (χ3v) is 2.84. The fraction of sp³-hybridized carbons (Fsp3) is 0.538. The lowest BCUT2D eigenvalue weighted by atomic mass is 10.3. The molecule has 1 aromatic carbocycles. The normalized spacial score (nSPS) is 13.5. The summed E-state index contributed by atoms with van der Waals surface area (Å²) in [5.74, 6) is 2.43. The Morgan fingerprint density at radius 2 is 1.60 bits per heavy atom. The summed E-state index contributed by atoms with van der Waals surface area (Å²) in [6, 6.07) is 10.6. The molecule has 0 N–H and O–H groups in total. The first kappa shape index (κ1) is 14.4. The molecule has 1 heterocycles. The molecule has 1 aliphatic rings. The largest absolute Gasteiger partial charge is 0.361 e. The van der Waals surface area contributed by atoms with Crippen molar-refractivity contribution in [1.29, 1.82) is 0 Å². The van der Waals surface area contributed by atoms with Crippen LogP contribution in [0, 0.1) is 0 Å². The fourth-order valence-corrected chi connectivity index (χ4v) is 2.23. The molecule has 2 rings (SSSR count). The van der Waals surface area contributed by atoms with E-state index in [1.807, 2.05) is 39.5 Å². The minimum Gasteiger partial charge on any atom is -0.361 e. The SMILES string of the molecule is CC.CC.c1ccc(N2CCSC2)cc1. The van der Waals surface area contributed by atoms with Gasteiger partial charge >= 0.3 is 0 Å². The molecule has 1 aliphatic heterocycles. The average molecular weight is 225 g/mol. The third-order valence-electron chi connectivity index (χ3n) is 1.87. The Hall–Kier alpha value is -0.630. The molecule has 0 saturated carbocycles. The van der Waals surface area contributed by atoms with E-state index < -0.39 is 0 Å². The van der Waals surface area contributed by atoms with E-state index in [2.05, 4.69) is 35.2 Å². The van der Waals surface area contributed by atoms with Crippen molar-refractivity contribution in [2.75, 3.05) is 23.1 Å². The first-order chi connectivity index (χ1) is 7.47. The molecule has 1 saturated heterocycles. The molecular weight excluding hydrogens is 202 g/mol. The van der Waals surface area contributed by atoms with Gasteiger partial charge in [0.25, 0.3) is 0 Å². The number of thioether (sulfide) groups is 1. The zero-order valence-corrected chi connectivity index (χ0v) is 11.2. The Morgan fingerprint density at radius 1 is 1.00 bits per heavy atom. The molecular formula is C13H23NS. The van der Waals surface area contributed by atoms with Crippen LogP contribution in [0.1, 0.15) is 27.7 Å². The second-order valence-electron chi connectivity index (χ2n) is 2.64. The fourth-order valence-electron chi connectivity index (χ4n) is 1.26. The van der Waals surface area contributed by atoms with Crippen LogP contribution >= 0.6 is 11.8 Å². The van der Waals surface area contributed by atoms with Crippen LogP contribution in [0.25, 0.3) is 0 Å². The summed E-state index contributed by atoms with van der Waals surface area (Å²) in [4.78, 5) is 2.41. The van der Waals surface area contributed by atoms with Crippen LogP contribution in [0.3, 0.4) is 0 Å². The van der Waals surface area contributed by atoms with Crippen molar-refractivity contribution in [3.63, 3.8) is 0 Å². The molecule has 15 heavy (non-hydrogen) atoms. The highest BCUT2D eigenvalue weighted by molar-refractivity contribution is 7.99. The summed E-state index contributed by atoms with van der Waals surface area (Å²) in [5, 5.41) is 0. The molecule has 0 spiro atoms. The van der Waals surface area contributed by atoms with E-state index in [9.17, 15) is 0 Å². The number of nitrogens with zero attached hydrogens (tertiary/aromatic N) is 1. The Kier molecular flexibility index (Phi) is 9.49.